The van der Waals surface area contributed by atoms with E-state index in [1.807, 2.05) is 0 Å². The molecule has 0 radical (unpaired) electrons. The van der Waals surface area contributed by atoms with Crippen LogP contribution in [-0.2, 0) is 4.79 Å². The minimum absolute atomic E-state index is 0.0398. The number of anilines is 1. The lowest BCUT2D eigenvalue weighted by molar-refractivity contribution is -0.119. The zero-order chi connectivity index (χ0) is 18.3. The van der Waals surface area contributed by atoms with Crippen LogP contribution in [0, 0.1) is 5.82 Å². The summed E-state index contributed by atoms with van der Waals surface area (Å²) in [6.07, 6.45) is 0. The fourth-order valence-electron chi connectivity index (χ4n) is 2.52. The van der Waals surface area contributed by atoms with E-state index in [4.69, 9.17) is 23.2 Å². The first-order valence-electron chi connectivity index (χ1n) is 7.23. The zero-order valence-corrected chi connectivity index (χ0v) is 14.4. The van der Waals surface area contributed by atoms with Crippen molar-refractivity contribution in [3.63, 3.8) is 0 Å². The smallest absolute Gasteiger partial charge is 0.262 e. The Morgan fingerprint density at radius 2 is 1.60 bits per heavy atom. The lowest BCUT2D eigenvalue weighted by Crippen LogP contribution is -2.45. The summed E-state index contributed by atoms with van der Waals surface area (Å²) in [7, 11) is 0. The van der Waals surface area contributed by atoms with Gasteiger partial charge in [0, 0.05) is 0 Å². The van der Waals surface area contributed by atoms with Crippen molar-refractivity contribution in [2.24, 2.45) is 0 Å². The van der Waals surface area contributed by atoms with E-state index in [-0.39, 0.29) is 26.9 Å². The summed E-state index contributed by atoms with van der Waals surface area (Å²) in [6.45, 7) is 1.38. The highest BCUT2D eigenvalue weighted by molar-refractivity contribution is 6.43. The number of benzene rings is 2. The molecule has 2 aromatic rings. The highest BCUT2D eigenvalue weighted by Gasteiger charge is 2.41. The van der Waals surface area contributed by atoms with E-state index in [0.717, 1.165) is 4.90 Å². The maximum absolute atomic E-state index is 13.7. The van der Waals surface area contributed by atoms with Crippen molar-refractivity contribution < 1.29 is 18.8 Å². The van der Waals surface area contributed by atoms with Crippen molar-refractivity contribution in [3.05, 3.63) is 63.4 Å². The highest BCUT2D eigenvalue weighted by Crippen LogP contribution is 2.32. The van der Waals surface area contributed by atoms with E-state index in [1.165, 1.54) is 37.3 Å². The van der Waals surface area contributed by atoms with Crippen molar-refractivity contribution in [3.8, 4) is 0 Å². The second kappa shape index (κ2) is 6.46. The van der Waals surface area contributed by atoms with E-state index in [2.05, 4.69) is 5.32 Å². The molecular formula is C17H11Cl2FN2O3. The van der Waals surface area contributed by atoms with E-state index < -0.39 is 29.6 Å². The standard InChI is InChI=1S/C17H11Cl2FN2O3/c1-8(15(23)21-14-5-3-2-4-13(14)20)22-16(24)9-6-11(18)12(19)7-10(9)17(22)25/h2-8H,1H3,(H,21,23). The largest absolute Gasteiger partial charge is 0.322 e. The van der Waals surface area contributed by atoms with Crippen molar-refractivity contribution in [2.75, 3.05) is 5.32 Å². The molecule has 2 aromatic carbocycles. The summed E-state index contributed by atoms with van der Waals surface area (Å²) in [4.78, 5) is 38.1. The third kappa shape index (κ3) is 2.99. The first-order chi connectivity index (χ1) is 11.8. The van der Waals surface area contributed by atoms with Crippen LogP contribution in [0.3, 0.4) is 0 Å². The number of hydrogen-bond acceptors (Lipinski definition) is 3. The molecule has 8 heteroatoms. The van der Waals surface area contributed by atoms with Crippen LogP contribution < -0.4 is 5.32 Å². The van der Waals surface area contributed by atoms with E-state index >= 15 is 0 Å². The van der Waals surface area contributed by atoms with Gasteiger partial charge in [0.15, 0.2) is 0 Å². The summed E-state index contributed by atoms with van der Waals surface area (Å²) >= 11 is 11.8. The van der Waals surface area contributed by atoms with Gasteiger partial charge in [0.2, 0.25) is 5.91 Å². The van der Waals surface area contributed by atoms with Gasteiger partial charge in [-0.05, 0) is 31.2 Å². The van der Waals surface area contributed by atoms with Crippen LogP contribution in [0.2, 0.25) is 10.0 Å². The Kier molecular flexibility index (Phi) is 4.49. The first kappa shape index (κ1) is 17.4. The lowest BCUT2D eigenvalue weighted by atomic mass is 10.1. The number of imide groups is 1. The third-order valence-corrected chi connectivity index (χ3v) is 4.58. The molecule has 0 spiro atoms. The average molecular weight is 381 g/mol. The predicted molar refractivity (Wildman–Crippen MR) is 91.5 cm³/mol. The van der Waals surface area contributed by atoms with Crippen LogP contribution in [0.15, 0.2) is 36.4 Å². The molecule has 0 aromatic heterocycles. The van der Waals surface area contributed by atoms with Crippen molar-refractivity contribution in [1.29, 1.82) is 0 Å². The van der Waals surface area contributed by atoms with Gasteiger partial charge in [0.25, 0.3) is 11.8 Å². The molecule has 1 unspecified atom stereocenters. The predicted octanol–water partition coefficient (Wildman–Crippen LogP) is 3.76. The molecule has 0 aliphatic carbocycles. The number of halogens is 3. The number of rotatable bonds is 3. The van der Waals surface area contributed by atoms with Crippen LogP contribution in [-0.4, -0.2) is 28.7 Å². The van der Waals surface area contributed by atoms with Gasteiger partial charge in [-0.25, -0.2) is 4.39 Å². The number of hydrogen-bond donors (Lipinski definition) is 1. The number of amides is 3. The minimum atomic E-state index is -1.15. The molecule has 5 nitrogen and oxygen atoms in total. The van der Waals surface area contributed by atoms with Gasteiger partial charge in [-0.1, -0.05) is 35.3 Å². The summed E-state index contributed by atoms with van der Waals surface area (Å²) in [5.41, 5.74) is 0.108. The molecular weight excluding hydrogens is 370 g/mol. The normalized spacial score (nSPS) is 14.5. The molecule has 0 saturated carbocycles. The third-order valence-electron chi connectivity index (χ3n) is 3.86. The number of nitrogens with zero attached hydrogens (tertiary/aromatic N) is 1. The van der Waals surface area contributed by atoms with E-state index in [9.17, 15) is 18.8 Å². The Morgan fingerprint density at radius 3 is 2.12 bits per heavy atom. The van der Waals surface area contributed by atoms with E-state index in [0.29, 0.717) is 0 Å². The Morgan fingerprint density at radius 1 is 1.08 bits per heavy atom. The number of carbonyl (C=O) groups excluding carboxylic acids is 3. The molecule has 0 saturated heterocycles. The van der Waals surface area contributed by atoms with Gasteiger partial charge in [0.1, 0.15) is 11.9 Å². The zero-order valence-electron chi connectivity index (χ0n) is 12.8. The molecule has 1 atom stereocenters. The maximum atomic E-state index is 13.7. The van der Waals surface area contributed by atoms with Gasteiger partial charge in [-0.2, -0.15) is 0 Å². The van der Waals surface area contributed by atoms with Crippen LogP contribution in [0.4, 0.5) is 10.1 Å². The van der Waals surface area contributed by atoms with Gasteiger partial charge in [-0.3, -0.25) is 19.3 Å². The molecule has 3 amide bonds. The second-order valence-electron chi connectivity index (χ2n) is 5.44. The Balaban J connectivity index is 1.87. The number of nitrogens with one attached hydrogen (secondary N) is 1. The van der Waals surface area contributed by atoms with Gasteiger partial charge in [0.05, 0.1) is 26.9 Å². The molecule has 3 rings (SSSR count). The molecule has 0 fully saturated rings. The summed E-state index contributed by atoms with van der Waals surface area (Å²) in [5, 5.41) is 2.63. The Labute approximate surface area is 152 Å². The molecule has 25 heavy (non-hydrogen) atoms. The summed E-state index contributed by atoms with van der Waals surface area (Å²) in [6, 6.07) is 7.03. The fourth-order valence-corrected chi connectivity index (χ4v) is 2.85. The maximum Gasteiger partial charge on any atom is 0.262 e. The average Bonchev–Trinajstić information content (AvgIpc) is 2.80. The van der Waals surface area contributed by atoms with Crippen LogP contribution >= 0.6 is 23.2 Å². The Hall–Kier alpha value is -2.44. The minimum Gasteiger partial charge on any atom is -0.322 e. The van der Waals surface area contributed by atoms with Crippen molar-refractivity contribution in [2.45, 2.75) is 13.0 Å². The summed E-state index contributed by atoms with van der Waals surface area (Å²) < 4.78 is 13.7. The fraction of sp³-hybridized carbons (Fsp3) is 0.118. The van der Waals surface area contributed by atoms with Crippen LogP contribution in [0.1, 0.15) is 27.6 Å². The topological polar surface area (TPSA) is 66.5 Å². The quantitative estimate of drug-likeness (QED) is 0.824. The van der Waals surface area contributed by atoms with Gasteiger partial charge >= 0.3 is 0 Å². The number of fused-ring (bicyclic) bond motifs is 1. The van der Waals surface area contributed by atoms with Crippen LogP contribution in [0.5, 0.6) is 0 Å². The van der Waals surface area contributed by atoms with Crippen molar-refractivity contribution in [1.82, 2.24) is 4.90 Å². The van der Waals surface area contributed by atoms with Gasteiger partial charge < -0.3 is 5.32 Å². The molecule has 1 heterocycles. The monoisotopic (exact) mass is 380 g/mol. The number of para-hydroxylation sites is 1. The van der Waals surface area contributed by atoms with Crippen molar-refractivity contribution >= 4 is 46.6 Å². The van der Waals surface area contributed by atoms with Crippen LogP contribution in [0.25, 0.3) is 0 Å². The SMILES string of the molecule is CC(C(=O)Nc1ccccc1F)N1C(=O)c2cc(Cl)c(Cl)cc2C1=O. The first-order valence-corrected chi connectivity index (χ1v) is 7.99. The van der Waals surface area contributed by atoms with E-state index in [1.54, 1.807) is 6.07 Å². The molecule has 1 N–H and O–H groups in total. The molecule has 128 valence electrons. The highest BCUT2D eigenvalue weighted by atomic mass is 35.5. The molecule has 0 bridgehead atoms. The lowest BCUT2D eigenvalue weighted by Gasteiger charge is -2.21. The van der Waals surface area contributed by atoms with Gasteiger partial charge in [-0.15, -0.1) is 0 Å². The summed E-state index contributed by atoms with van der Waals surface area (Å²) in [5.74, 6) is -2.63. The number of carbonyl (C=O) groups is 3. The Bertz CT molecular complexity index is 876. The molecule has 1 aliphatic rings. The molecule has 1 aliphatic heterocycles. The second-order valence-corrected chi connectivity index (χ2v) is 6.25.